The van der Waals surface area contributed by atoms with E-state index in [4.69, 9.17) is 4.74 Å². The van der Waals surface area contributed by atoms with Crippen molar-refractivity contribution in [3.63, 3.8) is 0 Å². The third-order valence-electron chi connectivity index (χ3n) is 4.39. The van der Waals surface area contributed by atoms with E-state index in [0.29, 0.717) is 24.7 Å². The van der Waals surface area contributed by atoms with Crippen molar-refractivity contribution in [2.75, 3.05) is 13.7 Å². The highest BCUT2D eigenvalue weighted by atomic mass is 19.1. The molecule has 4 nitrogen and oxygen atoms in total. The Kier molecular flexibility index (Phi) is 5.66. The van der Waals surface area contributed by atoms with Gasteiger partial charge in [-0.2, -0.15) is 0 Å². The molecule has 0 unspecified atom stereocenters. The largest absolute Gasteiger partial charge is 0.497 e. The molecule has 0 aliphatic heterocycles. The molecule has 1 amide bonds. The zero-order chi connectivity index (χ0) is 17.6. The van der Waals surface area contributed by atoms with Crippen LogP contribution in [-0.2, 0) is 17.9 Å². The van der Waals surface area contributed by atoms with E-state index in [2.05, 4.69) is 10.2 Å². The second-order valence-electron chi connectivity index (χ2n) is 6.35. The van der Waals surface area contributed by atoms with E-state index in [9.17, 15) is 9.18 Å². The number of halogens is 1. The highest BCUT2D eigenvalue weighted by Gasteiger charge is 2.30. The van der Waals surface area contributed by atoms with E-state index in [1.807, 2.05) is 30.3 Å². The molecule has 25 heavy (non-hydrogen) atoms. The Hall–Kier alpha value is -2.40. The molecule has 0 heterocycles. The molecule has 0 saturated heterocycles. The van der Waals surface area contributed by atoms with Gasteiger partial charge in [-0.25, -0.2) is 4.39 Å². The zero-order valence-corrected chi connectivity index (χ0v) is 14.4. The molecule has 1 N–H and O–H groups in total. The Labute approximate surface area is 147 Å². The molecule has 1 fully saturated rings. The monoisotopic (exact) mass is 342 g/mol. The SMILES string of the molecule is COc1ccc(CNC(=O)CN(Cc2ccccc2F)C2CC2)cc1. The molecule has 1 aliphatic rings. The summed E-state index contributed by atoms with van der Waals surface area (Å²) in [6.45, 7) is 1.23. The molecule has 132 valence electrons. The lowest BCUT2D eigenvalue weighted by molar-refractivity contribution is -0.122. The third-order valence-corrected chi connectivity index (χ3v) is 4.39. The number of benzene rings is 2. The molecular formula is C20H23FN2O2. The standard InChI is InChI=1S/C20H23FN2O2/c1-25-18-10-6-15(7-11-18)12-22-20(24)14-23(17-8-9-17)13-16-4-2-3-5-19(16)21/h2-7,10-11,17H,8-9,12-14H2,1H3,(H,22,24). The number of carbonyl (C=O) groups is 1. The molecule has 0 radical (unpaired) electrons. The van der Waals surface area contributed by atoms with Gasteiger partial charge in [0, 0.05) is 24.7 Å². The van der Waals surface area contributed by atoms with Crippen molar-refractivity contribution in [2.45, 2.75) is 32.0 Å². The van der Waals surface area contributed by atoms with Crippen LogP contribution in [0.4, 0.5) is 4.39 Å². The van der Waals surface area contributed by atoms with Crippen molar-refractivity contribution in [3.8, 4) is 5.75 Å². The summed E-state index contributed by atoms with van der Waals surface area (Å²) < 4.78 is 19.0. The number of carbonyl (C=O) groups excluding carboxylic acids is 1. The van der Waals surface area contributed by atoms with E-state index >= 15 is 0 Å². The van der Waals surface area contributed by atoms with E-state index in [1.165, 1.54) is 6.07 Å². The molecule has 5 heteroatoms. The van der Waals surface area contributed by atoms with Gasteiger partial charge in [0.25, 0.3) is 0 Å². The van der Waals surface area contributed by atoms with Crippen LogP contribution in [-0.4, -0.2) is 30.5 Å². The van der Waals surface area contributed by atoms with Crippen molar-refractivity contribution >= 4 is 5.91 Å². The van der Waals surface area contributed by atoms with Crippen LogP contribution >= 0.6 is 0 Å². The summed E-state index contributed by atoms with van der Waals surface area (Å²) in [5.41, 5.74) is 1.65. The van der Waals surface area contributed by atoms with Crippen LogP contribution in [0.5, 0.6) is 5.75 Å². The number of ether oxygens (including phenoxy) is 1. The molecule has 0 aromatic heterocycles. The number of amides is 1. The predicted molar refractivity (Wildman–Crippen MR) is 94.7 cm³/mol. The first-order chi connectivity index (χ1) is 12.2. The van der Waals surface area contributed by atoms with Gasteiger partial charge in [-0.15, -0.1) is 0 Å². The first kappa shape index (κ1) is 17.4. The molecule has 1 saturated carbocycles. The highest BCUT2D eigenvalue weighted by molar-refractivity contribution is 5.78. The van der Waals surface area contributed by atoms with E-state index in [0.717, 1.165) is 24.2 Å². The van der Waals surface area contributed by atoms with Gasteiger partial charge in [0.05, 0.1) is 13.7 Å². The van der Waals surface area contributed by atoms with Crippen molar-refractivity contribution in [1.82, 2.24) is 10.2 Å². The van der Waals surface area contributed by atoms with Crippen LogP contribution in [0.25, 0.3) is 0 Å². The molecule has 0 spiro atoms. The van der Waals surface area contributed by atoms with Crippen LogP contribution in [0, 0.1) is 5.82 Å². The molecule has 2 aromatic rings. The number of hydrogen-bond donors (Lipinski definition) is 1. The average molecular weight is 342 g/mol. The number of rotatable bonds is 8. The third kappa shape index (κ3) is 5.03. The van der Waals surface area contributed by atoms with Crippen LogP contribution in [0.2, 0.25) is 0 Å². The Bertz CT molecular complexity index is 714. The van der Waals surface area contributed by atoms with Gasteiger partial charge in [-0.1, -0.05) is 30.3 Å². The lowest BCUT2D eigenvalue weighted by atomic mass is 10.2. The summed E-state index contributed by atoms with van der Waals surface area (Å²) in [6.07, 6.45) is 2.14. The van der Waals surface area contributed by atoms with E-state index in [-0.39, 0.29) is 18.3 Å². The summed E-state index contributed by atoms with van der Waals surface area (Å²) in [7, 11) is 1.62. The predicted octanol–water partition coefficient (Wildman–Crippen LogP) is 3.12. The smallest absolute Gasteiger partial charge is 0.234 e. The molecule has 0 bridgehead atoms. The molecule has 3 rings (SSSR count). The second-order valence-corrected chi connectivity index (χ2v) is 6.35. The topological polar surface area (TPSA) is 41.6 Å². The van der Waals surface area contributed by atoms with E-state index in [1.54, 1.807) is 19.2 Å². The lowest BCUT2D eigenvalue weighted by Crippen LogP contribution is -2.38. The number of methoxy groups -OCH3 is 1. The normalized spacial score (nSPS) is 13.7. The maximum absolute atomic E-state index is 13.9. The van der Waals surface area contributed by atoms with Gasteiger partial charge in [0.2, 0.25) is 5.91 Å². The molecule has 0 atom stereocenters. The maximum Gasteiger partial charge on any atom is 0.234 e. The minimum absolute atomic E-state index is 0.0425. The summed E-state index contributed by atoms with van der Waals surface area (Å²) in [5.74, 6) is 0.533. The van der Waals surface area contributed by atoms with Crippen LogP contribution in [0.3, 0.4) is 0 Å². The Morgan fingerprint density at radius 3 is 2.56 bits per heavy atom. The van der Waals surface area contributed by atoms with Gasteiger partial charge >= 0.3 is 0 Å². The van der Waals surface area contributed by atoms with E-state index < -0.39 is 0 Å². The van der Waals surface area contributed by atoms with Gasteiger partial charge in [-0.3, -0.25) is 9.69 Å². The molecular weight excluding hydrogens is 319 g/mol. The summed E-state index contributed by atoms with van der Waals surface area (Å²) in [4.78, 5) is 14.3. The summed E-state index contributed by atoms with van der Waals surface area (Å²) >= 11 is 0. The van der Waals surface area contributed by atoms with Crippen LogP contribution in [0.1, 0.15) is 24.0 Å². The number of nitrogens with one attached hydrogen (secondary N) is 1. The lowest BCUT2D eigenvalue weighted by Gasteiger charge is -2.21. The summed E-state index contributed by atoms with van der Waals surface area (Å²) in [6, 6.07) is 14.7. The van der Waals surface area contributed by atoms with Crippen LogP contribution in [0.15, 0.2) is 48.5 Å². The Balaban J connectivity index is 1.53. The zero-order valence-electron chi connectivity index (χ0n) is 14.4. The fraction of sp³-hybridized carbons (Fsp3) is 0.350. The number of hydrogen-bond acceptors (Lipinski definition) is 3. The van der Waals surface area contributed by atoms with Crippen LogP contribution < -0.4 is 10.1 Å². The van der Waals surface area contributed by atoms with Gasteiger partial charge in [0.1, 0.15) is 11.6 Å². The minimum Gasteiger partial charge on any atom is -0.497 e. The average Bonchev–Trinajstić information content (AvgIpc) is 3.47. The molecule has 1 aliphatic carbocycles. The molecule has 2 aromatic carbocycles. The Morgan fingerprint density at radius 2 is 1.92 bits per heavy atom. The van der Waals surface area contributed by atoms with Crippen molar-refractivity contribution in [3.05, 3.63) is 65.5 Å². The van der Waals surface area contributed by atoms with Crippen molar-refractivity contribution in [2.24, 2.45) is 0 Å². The van der Waals surface area contributed by atoms with Crippen molar-refractivity contribution in [1.29, 1.82) is 0 Å². The minimum atomic E-state index is -0.216. The van der Waals surface area contributed by atoms with Gasteiger partial charge in [-0.05, 0) is 36.6 Å². The Morgan fingerprint density at radius 1 is 1.20 bits per heavy atom. The second kappa shape index (κ2) is 8.12. The first-order valence-electron chi connectivity index (χ1n) is 8.53. The fourth-order valence-electron chi connectivity index (χ4n) is 2.78. The maximum atomic E-state index is 13.9. The fourth-order valence-corrected chi connectivity index (χ4v) is 2.78. The summed E-state index contributed by atoms with van der Waals surface area (Å²) in [5, 5.41) is 2.93. The van der Waals surface area contributed by atoms with Crippen molar-refractivity contribution < 1.29 is 13.9 Å². The first-order valence-corrected chi connectivity index (χ1v) is 8.53. The quantitative estimate of drug-likeness (QED) is 0.801. The highest BCUT2D eigenvalue weighted by Crippen LogP contribution is 2.28. The number of nitrogens with zero attached hydrogens (tertiary/aromatic N) is 1. The van der Waals surface area contributed by atoms with Gasteiger partial charge in [0.15, 0.2) is 0 Å². The van der Waals surface area contributed by atoms with Gasteiger partial charge < -0.3 is 10.1 Å².